The average Bonchev–Trinajstić information content (AvgIpc) is 3.34. The Morgan fingerprint density at radius 1 is 1.00 bits per heavy atom. The Morgan fingerprint density at radius 3 is 2.26 bits per heavy atom. The number of carbonyl (C=O) groups is 1. The van der Waals surface area contributed by atoms with Gasteiger partial charge in [-0.3, -0.25) is 0 Å². The summed E-state index contributed by atoms with van der Waals surface area (Å²) >= 11 is 0. The molecule has 2 aliphatic carbocycles. The summed E-state index contributed by atoms with van der Waals surface area (Å²) in [6.45, 7) is 2.30. The molecule has 27 heavy (non-hydrogen) atoms. The van der Waals surface area contributed by atoms with E-state index in [1.807, 2.05) is 0 Å². The summed E-state index contributed by atoms with van der Waals surface area (Å²) in [6.07, 6.45) is 13.5. The number of carboxylic acid groups (broad SMARTS) is 1. The maximum Gasteiger partial charge on any atom is 0.364 e. The summed E-state index contributed by atoms with van der Waals surface area (Å²) in [5.41, 5.74) is 0. The van der Waals surface area contributed by atoms with Crippen molar-refractivity contribution < 1.29 is 24.9 Å². The Bertz CT molecular complexity index is 454. The molecule has 2 rings (SSSR count). The van der Waals surface area contributed by atoms with Crippen LogP contribution in [0.25, 0.3) is 0 Å². The van der Waals surface area contributed by atoms with E-state index in [0.29, 0.717) is 18.3 Å². The molecule has 0 amide bonds. The number of aliphatic hydroxyl groups excluding tert-OH is 1. The highest BCUT2D eigenvalue weighted by Crippen LogP contribution is 2.45. The van der Waals surface area contributed by atoms with Gasteiger partial charge in [0.2, 0.25) is 0 Å². The van der Waals surface area contributed by atoms with E-state index in [1.54, 1.807) is 0 Å². The van der Waals surface area contributed by atoms with Crippen molar-refractivity contribution in [1.29, 1.82) is 0 Å². The van der Waals surface area contributed by atoms with Gasteiger partial charge in [0.25, 0.3) is 5.79 Å². The van der Waals surface area contributed by atoms with Crippen molar-refractivity contribution in [3.05, 3.63) is 0 Å². The monoisotopic (exact) mass is 384 g/mol. The van der Waals surface area contributed by atoms with Crippen LogP contribution in [0.15, 0.2) is 0 Å². The van der Waals surface area contributed by atoms with Gasteiger partial charge in [-0.15, -0.1) is 0 Å². The van der Waals surface area contributed by atoms with Crippen molar-refractivity contribution in [1.82, 2.24) is 0 Å². The first-order valence-electron chi connectivity index (χ1n) is 11.1. The van der Waals surface area contributed by atoms with Gasteiger partial charge in [-0.25, -0.2) is 4.79 Å². The number of methoxy groups -OCH3 is 1. The second-order valence-electron chi connectivity index (χ2n) is 8.91. The third-order valence-corrected chi connectivity index (χ3v) is 7.15. The lowest BCUT2D eigenvalue weighted by atomic mass is 9.85. The fourth-order valence-corrected chi connectivity index (χ4v) is 5.11. The minimum atomic E-state index is -2.06. The lowest BCUT2D eigenvalue weighted by Gasteiger charge is -2.23. The molecule has 0 saturated heterocycles. The van der Waals surface area contributed by atoms with Crippen LogP contribution < -0.4 is 0 Å². The van der Waals surface area contributed by atoms with Gasteiger partial charge in [-0.2, -0.15) is 0 Å². The normalized spacial score (nSPS) is 32.4. The van der Waals surface area contributed by atoms with Crippen molar-refractivity contribution in [2.75, 3.05) is 7.11 Å². The second-order valence-corrected chi connectivity index (χ2v) is 8.91. The van der Waals surface area contributed by atoms with Crippen LogP contribution in [0.2, 0.25) is 0 Å². The van der Waals surface area contributed by atoms with Crippen molar-refractivity contribution in [3.63, 3.8) is 0 Å². The van der Waals surface area contributed by atoms with Crippen LogP contribution in [0.4, 0.5) is 0 Å². The van der Waals surface area contributed by atoms with Crippen LogP contribution in [0.3, 0.4) is 0 Å². The number of aliphatic carboxylic acids is 1. The number of hydrogen-bond acceptors (Lipinski definition) is 4. The highest BCUT2D eigenvalue weighted by molar-refractivity contribution is 5.75. The fraction of sp³-hybridized carbons (Fsp3) is 0.955. The number of hydrogen-bond donors (Lipinski definition) is 3. The zero-order valence-corrected chi connectivity index (χ0v) is 17.2. The van der Waals surface area contributed by atoms with Gasteiger partial charge in [0.1, 0.15) is 0 Å². The molecule has 0 bridgehead atoms. The molecule has 0 spiro atoms. The van der Waals surface area contributed by atoms with Crippen molar-refractivity contribution in [3.8, 4) is 0 Å². The maximum absolute atomic E-state index is 11.0. The molecule has 2 saturated carbocycles. The van der Waals surface area contributed by atoms with Gasteiger partial charge in [-0.1, -0.05) is 51.9 Å². The highest BCUT2D eigenvalue weighted by Gasteiger charge is 2.37. The third kappa shape index (κ3) is 6.72. The van der Waals surface area contributed by atoms with E-state index in [-0.39, 0.29) is 12.5 Å². The van der Waals surface area contributed by atoms with Gasteiger partial charge >= 0.3 is 5.97 Å². The summed E-state index contributed by atoms with van der Waals surface area (Å²) in [6, 6.07) is 0. The van der Waals surface area contributed by atoms with Crippen LogP contribution in [-0.2, 0) is 9.53 Å². The molecule has 0 heterocycles. The Hall–Kier alpha value is -0.650. The maximum atomic E-state index is 11.0. The molecule has 6 atom stereocenters. The lowest BCUT2D eigenvalue weighted by molar-refractivity contribution is -0.216. The third-order valence-electron chi connectivity index (χ3n) is 7.15. The van der Waals surface area contributed by atoms with Crippen molar-refractivity contribution in [2.45, 2.75) is 102 Å². The topological polar surface area (TPSA) is 87.0 Å². The number of carboxylic acids is 1. The van der Waals surface area contributed by atoms with Gasteiger partial charge in [0.05, 0.1) is 6.10 Å². The van der Waals surface area contributed by atoms with Gasteiger partial charge < -0.3 is 20.1 Å². The lowest BCUT2D eigenvalue weighted by Crippen LogP contribution is -2.40. The van der Waals surface area contributed by atoms with Crippen LogP contribution in [0.5, 0.6) is 0 Å². The summed E-state index contributed by atoms with van der Waals surface area (Å²) in [5, 5.41) is 29.2. The molecule has 5 nitrogen and oxygen atoms in total. The number of unbranched alkanes of at least 4 members (excludes halogenated alkanes) is 3. The predicted octanol–water partition coefficient (Wildman–Crippen LogP) is 4.35. The summed E-state index contributed by atoms with van der Waals surface area (Å²) in [7, 11) is 1.22. The zero-order chi connectivity index (χ0) is 19.9. The van der Waals surface area contributed by atoms with Crippen LogP contribution in [0.1, 0.15) is 90.4 Å². The van der Waals surface area contributed by atoms with Crippen LogP contribution >= 0.6 is 0 Å². The van der Waals surface area contributed by atoms with E-state index >= 15 is 0 Å². The fourth-order valence-electron chi connectivity index (χ4n) is 5.11. The molecule has 0 aromatic rings. The largest absolute Gasteiger partial charge is 0.477 e. The SMILES string of the molecule is CC[C@H]1C[C@H]1CCCC[C@H]1CC[C@H](O)[C@@H]1CCCCCC(O)(OC)C(=O)O. The van der Waals surface area contributed by atoms with Gasteiger partial charge in [-0.05, 0) is 55.8 Å². The Balaban J connectivity index is 1.59. The summed E-state index contributed by atoms with van der Waals surface area (Å²) in [4.78, 5) is 11.0. The van der Waals surface area contributed by atoms with E-state index < -0.39 is 11.8 Å². The molecule has 5 heteroatoms. The van der Waals surface area contributed by atoms with Crippen LogP contribution in [-0.4, -0.2) is 40.3 Å². The summed E-state index contributed by atoms with van der Waals surface area (Å²) < 4.78 is 4.72. The van der Waals surface area contributed by atoms with Gasteiger partial charge in [0.15, 0.2) is 0 Å². The van der Waals surface area contributed by atoms with E-state index in [1.165, 1.54) is 45.6 Å². The second kappa shape index (κ2) is 10.8. The molecule has 2 fully saturated rings. The summed E-state index contributed by atoms with van der Waals surface area (Å²) in [5.74, 6) is -0.341. The molecule has 0 aromatic heterocycles. The zero-order valence-electron chi connectivity index (χ0n) is 17.2. The predicted molar refractivity (Wildman–Crippen MR) is 105 cm³/mol. The number of rotatable bonds is 14. The quantitative estimate of drug-likeness (QED) is 0.306. The molecule has 158 valence electrons. The smallest absolute Gasteiger partial charge is 0.364 e. The molecule has 3 N–H and O–H groups in total. The van der Waals surface area contributed by atoms with E-state index in [0.717, 1.165) is 43.9 Å². The molecular weight excluding hydrogens is 344 g/mol. The first-order valence-corrected chi connectivity index (χ1v) is 11.1. The average molecular weight is 385 g/mol. The molecular formula is C22H40O5. The Labute approximate surface area is 164 Å². The first kappa shape index (κ1) is 22.6. The van der Waals surface area contributed by atoms with E-state index in [4.69, 9.17) is 9.84 Å². The standard InChI is InChI=1S/C22H40O5/c1-3-16-15-18(16)10-7-6-9-17-12-13-20(23)19(17)11-5-4-8-14-22(26,27-2)21(24)25/h16-20,23,26H,3-15H2,1-2H3,(H,24,25)/t16-,17-,18+,19+,20-,22?/m0/s1. The Kier molecular flexibility index (Phi) is 9.03. The highest BCUT2D eigenvalue weighted by atomic mass is 16.6. The Morgan fingerprint density at radius 2 is 1.67 bits per heavy atom. The van der Waals surface area contributed by atoms with Crippen molar-refractivity contribution in [2.24, 2.45) is 23.7 Å². The van der Waals surface area contributed by atoms with Crippen molar-refractivity contribution >= 4 is 5.97 Å². The minimum absolute atomic E-state index is 0.107. The number of ether oxygens (including phenoxy) is 1. The molecule has 0 aromatic carbocycles. The number of aliphatic hydroxyl groups is 2. The van der Waals surface area contributed by atoms with E-state index in [9.17, 15) is 15.0 Å². The van der Waals surface area contributed by atoms with Gasteiger partial charge in [0, 0.05) is 13.5 Å². The van der Waals surface area contributed by atoms with Crippen LogP contribution in [0, 0.1) is 23.7 Å². The molecule has 2 aliphatic rings. The van der Waals surface area contributed by atoms with E-state index in [2.05, 4.69) is 6.92 Å². The minimum Gasteiger partial charge on any atom is -0.477 e. The molecule has 0 aliphatic heterocycles. The molecule has 0 radical (unpaired) electrons. The first-order chi connectivity index (χ1) is 12.9. The molecule has 1 unspecified atom stereocenters.